The highest BCUT2D eigenvalue weighted by Gasteiger charge is 2.21. The molecule has 4 nitrogen and oxygen atoms in total. The van der Waals surface area contributed by atoms with Crippen LogP contribution in [0.3, 0.4) is 0 Å². The maximum Gasteiger partial charge on any atom is 0.243 e. The predicted molar refractivity (Wildman–Crippen MR) is 79.3 cm³/mol. The van der Waals surface area contributed by atoms with Gasteiger partial charge in [-0.15, -0.1) is 0 Å². The first-order valence-corrected chi connectivity index (χ1v) is 8.28. The van der Waals surface area contributed by atoms with Gasteiger partial charge in [0.15, 0.2) is 0 Å². The number of hydrogen-bond acceptors (Lipinski definition) is 3. The highest BCUT2D eigenvalue weighted by molar-refractivity contribution is 7.89. The summed E-state index contributed by atoms with van der Waals surface area (Å²) in [4.78, 5) is -0.395. The van der Waals surface area contributed by atoms with Crippen LogP contribution in [-0.2, 0) is 10.0 Å². The Kier molecular flexibility index (Phi) is 5.95. The minimum Gasteiger partial charge on any atom is -0.399 e. The lowest BCUT2D eigenvalue weighted by molar-refractivity contribution is 0.486. The average molecular weight is 302 g/mol. The van der Waals surface area contributed by atoms with Crippen LogP contribution in [0.5, 0.6) is 0 Å². The fourth-order valence-electron chi connectivity index (χ4n) is 1.95. The molecule has 114 valence electrons. The van der Waals surface area contributed by atoms with Gasteiger partial charge in [-0.05, 0) is 37.5 Å². The van der Waals surface area contributed by atoms with Crippen LogP contribution in [0.1, 0.15) is 40.0 Å². The minimum atomic E-state index is -3.87. The molecule has 0 fully saturated rings. The lowest BCUT2D eigenvalue weighted by Gasteiger charge is -2.15. The molecular formula is C14H23FN2O2S. The van der Waals surface area contributed by atoms with Crippen molar-refractivity contribution in [2.75, 3.05) is 5.73 Å². The van der Waals surface area contributed by atoms with Gasteiger partial charge in [-0.25, -0.2) is 17.5 Å². The normalized spacial score (nSPS) is 13.7. The first-order chi connectivity index (χ1) is 9.22. The van der Waals surface area contributed by atoms with Gasteiger partial charge in [-0.1, -0.05) is 26.7 Å². The van der Waals surface area contributed by atoms with Crippen molar-refractivity contribution in [3.8, 4) is 0 Å². The molecule has 0 amide bonds. The van der Waals surface area contributed by atoms with Crippen LogP contribution in [-0.4, -0.2) is 14.5 Å². The van der Waals surface area contributed by atoms with E-state index in [4.69, 9.17) is 5.73 Å². The average Bonchev–Trinajstić information content (AvgIpc) is 2.31. The summed E-state index contributed by atoms with van der Waals surface area (Å²) in [6.45, 7) is 6.02. The molecule has 0 radical (unpaired) electrons. The molecule has 1 aromatic rings. The van der Waals surface area contributed by atoms with E-state index >= 15 is 0 Å². The van der Waals surface area contributed by atoms with Gasteiger partial charge in [-0.3, -0.25) is 0 Å². The van der Waals surface area contributed by atoms with Crippen molar-refractivity contribution in [1.82, 2.24) is 4.72 Å². The lowest BCUT2D eigenvalue weighted by atomic mass is 10.0. The van der Waals surface area contributed by atoms with Gasteiger partial charge in [0.05, 0.1) is 0 Å². The summed E-state index contributed by atoms with van der Waals surface area (Å²) in [5.41, 5.74) is 5.73. The molecule has 1 aromatic carbocycles. The van der Waals surface area contributed by atoms with E-state index in [9.17, 15) is 12.8 Å². The van der Waals surface area contributed by atoms with E-state index in [1.54, 1.807) is 6.92 Å². The third-order valence-electron chi connectivity index (χ3n) is 3.02. The van der Waals surface area contributed by atoms with E-state index in [-0.39, 0.29) is 11.7 Å². The van der Waals surface area contributed by atoms with Gasteiger partial charge >= 0.3 is 0 Å². The molecule has 0 saturated carbocycles. The number of nitrogen functional groups attached to an aromatic ring is 1. The summed E-state index contributed by atoms with van der Waals surface area (Å²) in [7, 11) is -3.87. The summed E-state index contributed by atoms with van der Waals surface area (Å²) in [5.74, 6) is -0.203. The number of sulfonamides is 1. The van der Waals surface area contributed by atoms with Crippen molar-refractivity contribution >= 4 is 15.7 Å². The Morgan fingerprint density at radius 2 is 1.90 bits per heavy atom. The maximum absolute atomic E-state index is 13.6. The first-order valence-electron chi connectivity index (χ1n) is 6.79. The number of nitrogens with one attached hydrogen (secondary N) is 1. The molecule has 0 bridgehead atoms. The molecular weight excluding hydrogens is 279 g/mol. The Morgan fingerprint density at radius 3 is 2.50 bits per heavy atom. The standard InChI is InChI=1S/C14H23FN2O2S/c1-10(2)5-4-6-11(3)17-20(18,19)14-9-12(16)7-8-13(14)15/h7-11,17H,4-6,16H2,1-3H3. The quantitative estimate of drug-likeness (QED) is 0.761. The fraction of sp³-hybridized carbons (Fsp3) is 0.571. The van der Waals surface area contributed by atoms with Gasteiger partial charge < -0.3 is 5.73 Å². The van der Waals surface area contributed by atoms with Crippen molar-refractivity contribution in [3.63, 3.8) is 0 Å². The molecule has 0 aliphatic heterocycles. The number of benzene rings is 1. The summed E-state index contributed by atoms with van der Waals surface area (Å²) in [6, 6.07) is 3.30. The lowest BCUT2D eigenvalue weighted by Crippen LogP contribution is -2.33. The minimum absolute atomic E-state index is 0.222. The largest absolute Gasteiger partial charge is 0.399 e. The van der Waals surface area contributed by atoms with Crippen LogP contribution in [0.25, 0.3) is 0 Å². The summed E-state index contributed by atoms with van der Waals surface area (Å²) >= 11 is 0. The number of nitrogens with two attached hydrogens (primary N) is 1. The molecule has 0 aliphatic rings. The van der Waals surface area contributed by atoms with Crippen molar-refractivity contribution in [2.24, 2.45) is 5.92 Å². The molecule has 0 heterocycles. The van der Waals surface area contributed by atoms with Crippen LogP contribution >= 0.6 is 0 Å². The number of hydrogen-bond donors (Lipinski definition) is 2. The van der Waals surface area contributed by atoms with Crippen LogP contribution < -0.4 is 10.5 Å². The molecule has 20 heavy (non-hydrogen) atoms. The van der Waals surface area contributed by atoms with Crippen molar-refractivity contribution in [1.29, 1.82) is 0 Å². The summed E-state index contributed by atoms with van der Waals surface area (Å²) < 4.78 is 40.3. The number of anilines is 1. The van der Waals surface area contributed by atoms with Crippen molar-refractivity contribution < 1.29 is 12.8 Å². The second-order valence-corrected chi connectivity index (χ2v) is 7.22. The monoisotopic (exact) mass is 302 g/mol. The number of halogens is 1. The summed E-state index contributed by atoms with van der Waals surface area (Å²) in [6.07, 6.45) is 2.70. The molecule has 1 atom stereocenters. The molecule has 1 rings (SSSR count). The Labute approximate surface area is 120 Å². The zero-order valence-electron chi connectivity index (χ0n) is 12.2. The van der Waals surface area contributed by atoms with Gasteiger partial charge in [0.25, 0.3) is 0 Å². The fourth-order valence-corrected chi connectivity index (χ4v) is 3.34. The maximum atomic E-state index is 13.6. The van der Waals surface area contributed by atoms with Crippen LogP contribution in [0, 0.1) is 11.7 Å². The molecule has 0 aromatic heterocycles. The Bertz CT molecular complexity index is 544. The Morgan fingerprint density at radius 1 is 1.25 bits per heavy atom. The van der Waals surface area contributed by atoms with Gasteiger partial charge in [0, 0.05) is 11.7 Å². The van der Waals surface area contributed by atoms with Crippen molar-refractivity contribution in [2.45, 2.75) is 51.0 Å². The topological polar surface area (TPSA) is 72.2 Å². The highest BCUT2D eigenvalue weighted by Crippen LogP contribution is 2.18. The molecule has 6 heteroatoms. The van der Waals surface area contributed by atoms with Gasteiger partial charge in [0.2, 0.25) is 10.0 Å². The highest BCUT2D eigenvalue weighted by atomic mass is 32.2. The molecule has 0 aliphatic carbocycles. The van der Waals surface area contributed by atoms with E-state index < -0.39 is 20.7 Å². The van der Waals surface area contributed by atoms with Crippen LogP contribution in [0.2, 0.25) is 0 Å². The molecule has 3 N–H and O–H groups in total. The third-order valence-corrected chi connectivity index (χ3v) is 4.62. The first kappa shape index (κ1) is 16.9. The predicted octanol–water partition coefficient (Wildman–Crippen LogP) is 2.90. The van der Waals surface area contributed by atoms with E-state index in [0.717, 1.165) is 31.4 Å². The van der Waals surface area contributed by atoms with E-state index in [1.165, 1.54) is 6.07 Å². The van der Waals surface area contributed by atoms with Crippen molar-refractivity contribution in [3.05, 3.63) is 24.0 Å². The van der Waals surface area contributed by atoms with E-state index in [1.807, 2.05) is 0 Å². The summed E-state index contributed by atoms with van der Waals surface area (Å²) in [5, 5.41) is 0. The second kappa shape index (κ2) is 7.04. The van der Waals surface area contributed by atoms with Gasteiger partial charge in [0.1, 0.15) is 10.7 Å². The smallest absolute Gasteiger partial charge is 0.243 e. The van der Waals surface area contributed by atoms with Gasteiger partial charge in [-0.2, -0.15) is 0 Å². The van der Waals surface area contributed by atoms with E-state index in [0.29, 0.717) is 5.92 Å². The second-order valence-electron chi connectivity index (χ2n) is 5.54. The zero-order chi connectivity index (χ0) is 15.3. The molecule has 1 unspecified atom stereocenters. The van der Waals surface area contributed by atoms with E-state index in [2.05, 4.69) is 18.6 Å². The zero-order valence-corrected chi connectivity index (χ0v) is 13.0. The Balaban J connectivity index is 2.72. The van der Waals surface area contributed by atoms with Crippen LogP contribution in [0.4, 0.5) is 10.1 Å². The Hall–Kier alpha value is -1.14. The van der Waals surface area contributed by atoms with Crippen LogP contribution in [0.15, 0.2) is 23.1 Å². The SMILES string of the molecule is CC(C)CCCC(C)NS(=O)(=O)c1cc(N)ccc1F. The third kappa shape index (κ3) is 5.09. The molecule has 0 spiro atoms. The number of rotatable bonds is 7. The molecule has 0 saturated heterocycles.